The van der Waals surface area contributed by atoms with E-state index >= 15 is 0 Å². The van der Waals surface area contributed by atoms with Gasteiger partial charge in [-0.2, -0.15) is 0 Å². The van der Waals surface area contributed by atoms with Crippen LogP contribution < -0.4 is 14.8 Å². The minimum atomic E-state index is -0.932. The van der Waals surface area contributed by atoms with Crippen molar-refractivity contribution in [3.8, 4) is 17.2 Å². The molecule has 0 radical (unpaired) electrons. The van der Waals surface area contributed by atoms with Crippen molar-refractivity contribution < 1.29 is 23.9 Å². The highest BCUT2D eigenvalue weighted by molar-refractivity contribution is 6.42. The first-order valence-corrected chi connectivity index (χ1v) is 8.46. The molecule has 7 heteroatoms. The second kappa shape index (κ2) is 7.90. The molecule has 0 spiro atoms. The third-order valence-electron chi connectivity index (χ3n) is 4.31. The number of carbonyl (C=O) groups excluding carboxylic acids is 3. The van der Waals surface area contributed by atoms with Gasteiger partial charge in [-0.3, -0.25) is 14.4 Å². The van der Waals surface area contributed by atoms with Gasteiger partial charge in [0.15, 0.2) is 0 Å². The summed E-state index contributed by atoms with van der Waals surface area (Å²) < 4.78 is 10.9. The highest BCUT2D eigenvalue weighted by Crippen LogP contribution is 2.25. The zero-order valence-corrected chi connectivity index (χ0v) is 15.1. The van der Waals surface area contributed by atoms with Gasteiger partial charge in [-0.15, -0.1) is 0 Å². The van der Waals surface area contributed by atoms with Gasteiger partial charge in [-0.1, -0.05) is 18.2 Å². The van der Waals surface area contributed by atoms with E-state index in [1.165, 1.54) is 11.9 Å². The number of likely N-dealkylation sites (N-methyl/N-ethyl adjacent to an activating group) is 1. The normalized spacial score (nSPS) is 16.4. The lowest BCUT2D eigenvalue weighted by Crippen LogP contribution is -2.35. The van der Waals surface area contributed by atoms with Crippen molar-refractivity contribution in [2.24, 2.45) is 5.92 Å². The maximum Gasteiger partial charge on any atom is 0.290 e. The van der Waals surface area contributed by atoms with Crippen molar-refractivity contribution in [2.75, 3.05) is 20.7 Å². The first kappa shape index (κ1) is 18.4. The summed E-state index contributed by atoms with van der Waals surface area (Å²) in [6.07, 6.45) is 0. The Bertz CT molecular complexity index is 863. The van der Waals surface area contributed by atoms with Crippen LogP contribution in [-0.2, 0) is 20.9 Å². The molecule has 2 aromatic carbocycles. The van der Waals surface area contributed by atoms with Crippen molar-refractivity contribution in [1.82, 2.24) is 10.2 Å². The number of ether oxygens (including phenoxy) is 2. The molecule has 1 aliphatic rings. The average Bonchev–Trinajstić information content (AvgIpc) is 2.95. The second-order valence-corrected chi connectivity index (χ2v) is 6.25. The summed E-state index contributed by atoms with van der Waals surface area (Å²) in [4.78, 5) is 36.7. The van der Waals surface area contributed by atoms with E-state index in [-0.39, 0.29) is 13.1 Å². The number of rotatable bonds is 6. The first-order valence-electron chi connectivity index (χ1n) is 8.46. The minimum absolute atomic E-state index is 0.122. The second-order valence-electron chi connectivity index (χ2n) is 6.25. The summed E-state index contributed by atoms with van der Waals surface area (Å²) in [5.41, 5.74) is 0.853. The van der Waals surface area contributed by atoms with E-state index in [1.807, 2.05) is 30.3 Å². The highest BCUT2D eigenvalue weighted by atomic mass is 16.5. The van der Waals surface area contributed by atoms with Crippen LogP contribution >= 0.6 is 0 Å². The molecule has 140 valence electrons. The van der Waals surface area contributed by atoms with Crippen molar-refractivity contribution in [3.05, 3.63) is 54.1 Å². The highest BCUT2D eigenvalue weighted by Gasteiger charge is 2.41. The van der Waals surface area contributed by atoms with Gasteiger partial charge in [0.2, 0.25) is 11.7 Å². The number of ketones is 1. The molecule has 1 N–H and O–H groups in total. The van der Waals surface area contributed by atoms with E-state index in [4.69, 9.17) is 9.47 Å². The zero-order valence-electron chi connectivity index (χ0n) is 15.1. The third-order valence-corrected chi connectivity index (χ3v) is 4.31. The molecule has 2 amide bonds. The van der Waals surface area contributed by atoms with E-state index in [0.717, 1.165) is 5.56 Å². The zero-order chi connectivity index (χ0) is 19.4. The Balaban J connectivity index is 1.55. The van der Waals surface area contributed by atoms with Gasteiger partial charge < -0.3 is 19.7 Å². The fourth-order valence-corrected chi connectivity index (χ4v) is 2.77. The lowest BCUT2D eigenvalue weighted by atomic mass is 10.1. The summed E-state index contributed by atoms with van der Waals surface area (Å²) in [5.74, 6) is -0.628. The van der Waals surface area contributed by atoms with E-state index in [0.29, 0.717) is 17.2 Å². The maximum absolute atomic E-state index is 12.1. The number of hydrogen-bond donors (Lipinski definition) is 1. The molecule has 1 unspecified atom stereocenters. The lowest BCUT2D eigenvalue weighted by Gasteiger charge is -2.11. The molecule has 27 heavy (non-hydrogen) atoms. The fourth-order valence-electron chi connectivity index (χ4n) is 2.77. The van der Waals surface area contributed by atoms with Crippen LogP contribution in [0.3, 0.4) is 0 Å². The van der Waals surface area contributed by atoms with Gasteiger partial charge in [0.1, 0.15) is 23.2 Å². The Morgan fingerprint density at radius 3 is 2.44 bits per heavy atom. The molecule has 7 nitrogen and oxygen atoms in total. The van der Waals surface area contributed by atoms with Crippen LogP contribution in [0.25, 0.3) is 0 Å². The number of carbonyl (C=O) groups is 3. The van der Waals surface area contributed by atoms with Gasteiger partial charge in [0, 0.05) is 26.2 Å². The summed E-state index contributed by atoms with van der Waals surface area (Å²) in [6.45, 7) is 0.386. The van der Waals surface area contributed by atoms with Crippen molar-refractivity contribution in [1.29, 1.82) is 0 Å². The van der Waals surface area contributed by atoms with E-state index in [2.05, 4.69) is 5.32 Å². The monoisotopic (exact) mass is 368 g/mol. The van der Waals surface area contributed by atoms with Crippen LogP contribution in [-0.4, -0.2) is 43.2 Å². The number of likely N-dealkylation sites (tertiary alicyclic amines) is 1. The molecular formula is C20H20N2O5. The number of nitrogens with one attached hydrogen (secondary N) is 1. The molecule has 1 aliphatic heterocycles. The van der Waals surface area contributed by atoms with Crippen LogP contribution in [0, 0.1) is 5.92 Å². The number of nitrogens with zero attached hydrogens (tertiary/aromatic N) is 1. The quantitative estimate of drug-likeness (QED) is 0.620. The van der Waals surface area contributed by atoms with Crippen LogP contribution in [0.1, 0.15) is 5.56 Å². The lowest BCUT2D eigenvalue weighted by molar-refractivity contribution is -0.142. The average molecular weight is 368 g/mol. The first-order chi connectivity index (χ1) is 13.0. The van der Waals surface area contributed by atoms with E-state index in [9.17, 15) is 14.4 Å². The Hall–Kier alpha value is -3.35. The summed E-state index contributed by atoms with van der Waals surface area (Å²) >= 11 is 0. The van der Waals surface area contributed by atoms with Crippen LogP contribution in [0.15, 0.2) is 48.5 Å². The molecule has 1 saturated heterocycles. The number of methoxy groups -OCH3 is 1. The van der Waals surface area contributed by atoms with Crippen molar-refractivity contribution in [2.45, 2.75) is 6.54 Å². The van der Waals surface area contributed by atoms with Crippen molar-refractivity contribution in [3.63, 3.8) is 0 Å². The maximum atomic E-state index is 12.1. The van der Waals surface area contributed by atoms with Crippen LogP contribution in [0.4, 0.5) is 0 Å². The SMILES string of the molecule is COc1cccc(Oc2ccc(CNC(=O)C3CN(C)C(=O)C3=O)cc2)c1. The molecule has 0 saturated carbocycles. The number of benzene rings is 2. The van der Waals surface area contributed by atoms with Gasteiger partial charge in [-0.05, 0) is 29.8 Å². The predicted octanol–water partition coefficient (Wildman–Crippen LogP) is 1.76. The van der Waals surface area contributed by atoms with Crippen LogP contribution in [0.2, 0.25) is 0 Å². The Morgan fingerprint density at radius 1 is 1.11 bits per heavy atom. The Kier molecular flexibility index (Phi) is 5.40. The van der Waals surface area contributed by atoms with E-state index in [1.54, 1.807) is 25.3 Å². The van der Waals surface area contributed by atoms with Gasteiger partial charge in [0.05, 0.1) is 7.11 Å². The molecule has 1 heterocycles. The summed E-state index contributed by atoms with van der Waals surface area (Å²) in [6, 6.07) is 14.5. The summed E-state index contributed by atoms with van der Waals surface area (Å²) in [7, 11) is 3.10. The Labute approximate surface area is 156 Å². The molecule has 0 aliphatic carbocycles. The largest absolute Gasteiger partial charge is 0.497 e. The molecule has 2 aromatic rings. The molecule has 3 rings (SSSR count). The topological polar surface area (TPSA) is 84.9 Å². The number of hydrogen-bond acceptors (Lipinski definition) is 5. The predicted molar refractivity (Wildman–Crippen MR) is 97.5 cm³/mol. The third kappa shape index (κ3) is 4.25. The van der Waals surface area contributed by atoms with Gasteiger partial charge in [0.25, 0.3) is 5.91 Å². The molecular weight excluding hydrogens is 348 g/mol. The smallest absolute Gasteiger partial charge is 0.290 e. The van der Waals surface area contributed by atoms with Crippen molar-refractivity contribution >= 4 is 17.6 Å². The number of Topliss-reactive ketones (excluding diaryl/α,β-unsaturated/α-hetero) is 1. The standard InChI is InChI=1S/C20H20N2O5/c1-22-12-17(18(23)20(22)25)19(24)21-11-13-6-8-14(9-7-13)27-16-5-3-4-15(10-16)26-2/h3-10,17H,11-12H2,1-2H3,(H,21,24). The minimum Gasteiger partial charge on any atom is -0.497 e. The number of amides is 2. The molecule has 0 aromatic heterocycles. The fraction of sp³-hybridized carbons (Fsp3) is 0.250. The molecule has 1 fully saturated rings. The summed E-state index contributed by atoms with van der Waals surface area (Å²) in [5, 5.41) is 2.70. The van der Waals surface area contributed by atoms with E-state index < -0.39 is 23.5 Å². The molecule has 0 bridgehead atoms. The van der Waals surface area contributed by atoms with Gasteiger partial charge >= 0.3 is 0 Å². The van der Waals surface area contributed by atoms with Crippen LogP contribution in [0.5, 0.6) is 17.2 Å². The van der Waals surface area contributed by atoms with Gasteiger partial charge in [-0.25, -0.2) is 0 Å². The Morgan fingerprint density at radius 2 is 1.81 bits per heavy atom. The molecule has 1 atom stereocenters.